The smallest absolute Gasteiger partial charge is 0.325 e. The van der Waals surface area contributed by atoms with Gasteiger partial charge in [-0.25, -0.2) is 0 Å². The predicted molar refractivity (Wildman–Crippen MR) is 90.5 cm³/mol. The summed E-state index contributed by atoms with van der Waals surface area (Å²) in [4.78, 5) is 18.2. The van der Waals surface area contributed by atoms with Gasteiger partial charge in [-0.1, -0.05) is 0 Å². The summed E-state index contributed by atoms with van der Waals surface area (Å²) in [5.41, 5.74) is 3.89. The number of pyridine rings is 1. The molecule has 0 saturated carbocycles. The lowest BCUT2D eigenvalue weighted by Gasteiger charge is -2.22. The first kappa shape index (κ1) is 16.1. The number of benzene rings is 1. The second-order valence-electron chi connectivity index (χ2n) is 5.11. The number of nitrogens with zero attached hydrogens (tertiary/aromatic N) is 2. The first-order chi connectivity index (χ1) is 10.6. The molecule has 5 nitrogen and oxygen atoms in total. The molecule has 0 amide bonds. The Bertz CT molecular complexity index is 666. The molecule has 1 heterocycles. The molecule has 118 valence electrons. The standard InChI is InChI=1S/C17H23N3O2/c1-5-20(6-2)13-7-8-15-14(10-13)16(9-12(3)19-15)18-11-17(21)22-4/h7-10H,5-6,11H2,1-4H3,(H,18,19). The average molecular weight is 301 g/mol. The Kier molecular flexibility index (Phi) is 5.20. The van der Waals surface area contributed by atoms with Crippen LogP contribution in [0.15, 0.2) is 24.3 Å². The van der Waals surface area contributed by atoms with Crippen molar-refractivity contribution in [3.63, 3.8) is 0 Å². The topological polar surface area (TPSA) is 54.5 Å². The van der Waals surface area contributed by atoms with E-state index >= 15 is 0 Å². The maximum atomic E-state index is 11.4. The second kappa shape index (κ2) is 7.11. The minimum Gasteiger partial charge on any atom is -0.468 e. The van der Waals surface area contributed by atoms with Gasteiger partial charge in [-0.2, -0.15) is 0 Å². The molecule has 0 spiro atoms. The van der Waals surface area contributed by atoms with E-state index in [0.29, 0.717) is 0 Å². The van der Waals surface area contributed by atoms with Crippen molar-refractivity contribution in [1.29, 1.82) is 0 Å². The highest BCUT2D eigenvalue weighted by molar-refractivity contribution is 5.94. The van der Waals surface area contributed by atoms with Crippen molar-refractivity contribution in [2.24, 2.45) is 0 Å². The largest absolute Gasteiger partial charge is 0.468 e. The molecule has 2 rings (SSSR count). The fourth-order valence-electron chi connectivity index (χ4n) is 2.52. The van der Waals surface area contributed by atoms with Gasteiger partial charge in [-0.15, -0.1) is 0 Å². The molecule has 0 fully saturated rings. The second-order valence-corrected chi connectivity index (χ2v) is 5.11. The molecule has 2 aromatic rings. The zero-order valence-electron chi connectivity index (χ0n) is 13.6. The first-order valence-corrected chi connectivity index (χ1v) is 7.56. The van der Waals surface area contributed by atoms with Gasteiger partial charge in [0.2, 0.25) is 0 Å². The molecule has 0 aliphatic heterocycles. The van der Waals surface area contributed by atoms with Crippen molar-refractivity contribution in [1.82, 2.24) is 4.98 Å². The highest BCUT2D eigenvalue weighted by Gasteiger charge is 2.09. The molecule has 0 aliphatic rings. The van der Waals surface area contributed by atoms with E-state index in [4.69, 9.17) is 0 Å². The molecule has 22 heavy (non-hydrogen) atoms. The summed E-state index contributed by atoms with van der Waals surface area (Å²) in [7, 11) is 1.39. The summed E-state index contributed by atoms with van der Waals surface area (Å²) in [5, 5.41) is 4.16. The Morgan fingerprint density at radius 3 is 2.64 bits per heavy atom. The maximum Gasteiger partial charge on any atom is 0.325 e. The number of hydrogen-bond donors (Lipinski definition) is 1. The minimum atomic E-state index is -0.289. The summed E-state index contributed by atoms with van der Waals surface area (Å²) >= 11 is 0. The zero-order valence-corrected chi connectivity index (χ0v) is 13.6. The number of nitrogens with one attached hydrogen (secondary N) is 1. The molecule has 0 saturated heterocycles. The Morgan fingerprint density at radius 2 is 2.00 bits per heavy atom. The van der Waals surface area contributed by atoms with Crippen molar-refractivity contribution in [2.45, 2.75) is 20.8 Å². The Morgan fingerprint density at radius 1 is 1.27 bits per heavy atom. The van der Waals surface area contributed by atoms with Crippen molar-refractivity contribution in [3.05, 3.63) is 30.0 Å². The van der Waals surface area contributed by atoms with Crippen LogP contribution in [0.5, 0.6) is 0 Å². The van der Waals surface area contributed by atoms with Gasteiger partial charge in [0, 0.05) is 35.5 Å². The van der Waals surface area contributed by atoms with E-state index in [1.54, 1.807) is 0 Å². The van der Waals surface area contributed by atoms with Gasteiger partial charge in [0.25, 0.3) is 0 Å². The average Bonchev–Trinajstić information content (AvgIpc) is 2.53. The first-order valence-electron chi connectivity index (χ1n) is 7.56. The van der Waals surface area contributed by atoms with E-state index in [2.05, 4.69) is 45.9 Å². The third-order valence-electron chi connectivity index (χ3n) is 3.70. The molecule has 0 aliphatic carbocycles. The Hall–Kier alpha value is -2.30. The van der Waals surface area contributed by atoms with Gasteiger partial charge in [0.05, 0.1) is 12.6 Å². The van der Waals surface area contributed by atoms with E-state index in [0.717, 1.165) is 41.1 Å². The van der Waals surface area contributed by atoms with Crippen molar-refractivity contribution < 1.29 is 9.53 Å². The van der Waals surface area contributed by atoms with Gasteiger partial charge in [-0.3, -0.25) is 9.78 Å². The van der Waals surface area contributed by atoms with E-state index in [-0.39, 0.29) is 12.5 Å². The van der Waals surface area contributed by atoms with Crippen LogP contribution in [0.4, 0.5) is 11.4 Å². The number of rotatable bonds is 6. The van der Waals surface area contributed by atoms with Gasteiger partial charge in [0.15, 0.2) is 0 Å². The molecular weight excluding hydrogens is 278 g/mol. The van der Waals surface area contributed by atoms with Crippen LogP contribution in [0.1, 0.15) is 19.5 Å². The van der Waals surface area contributed by atoms with Crippen molar-refractivity contribution in [2.75, 3.05) is 37.0 Å². The highest BCUT2D eigenvalue weighted by Crippen LogP contribution is 2.27. The van der Waals surface area contributed by atoms with Crippen molar-refractivity contribution in [3.8, 4) is 0 Å². The number of hydrogen-bond acceptors (Lipinski definition) is 5. The van der Waals surface area contributed by atoms with E-state index < -0.39 is 0 Å². The summed E-state index contributed by atoms with van der Waals surface area (Å²) < 4.78 is 4.69. The Labute approximate surface area is 131 Å². The number of carbonyl (C=O) groups is 1. The minimum absolute atomic E-state index is 0.143. The maximum absolute atomic E-state index is 11.4. The Balaban J connectivity index is 2.44. The van der Waals surface area contributed by atoms with Crippen LogP contribution in [-0.4, -0.2) is 37.7 Å². The fraction of sp³-hybridized carbons (Fsp3) is 0.412. The van der Waals surface area contributed by atoms with Gasteiger partial charge < -0.3 is 15.0 Å². The van der Waals surface area contributed by atoms with Crippen LogP contribution in [0.25, 0.3) is 10.9 Å². The molecule has 1 aromatic carbocycles. The normalized spacial score (nSPS) is 10.5. The third-order valence-corrected chi connectivity index (χ3v) is 3.70. The lowest BCUT2D eigenvalue weighted by molar-refractivity contribution is -0.138. The van der Waals surface area contributed by atoms with Crippen LogP contribution in [0, 0.1) is 6.92 Å². The number of aromatic nitrogens is 1. The van der Waals surface area contributed by atoms with Crippen LogP contribution in [-0.2, 0) is 9.53 Å². The lowest BCUT2D eigenvalue weighted by Crippen LogP contribution is -2.21. The molecular formula is C17H23N3O2. The summed E-state index contributed by atoms with van der Waals surface area (Å²) in [6, 6.07) is 8.19. The number of anilines is 2. The molecule has 0 unspecified atom stereocenters. The number of aryl methyl sites for hydroxylation is 1. The zero-order chi connectivity index (χ0) is 16.1. The summed E-state index contributed by atoms with van der Waals surface area (Å²) in [6.07, 6.45) is 0. The van der Waals surface area contributed by atoms with E-state index in [1.165, 1.54) is 7.11 Å². The molecule has 0 bridgehead atoms. The number of methoxy groups -OCH3 is 1. The molecule has 1 aromatic heterocycles. The van der Waals surface area contributed by atoms with Crippen LogP contribution < -0.4 is 10.2 Å². The molecule has 0 radical (unpaired) electrons. The lowest BCUT2D eigenvalue weighted by atomic mass is 10.1. The number of fused-ring (bicyclic) bond motifs is 1. The van der Waals surface area contributed by atoms with Crippen LogP contribution >= 0.6 is 0 Å². The third kappa shape index (κ3) is 3.47. The molecule has 1 N–H and O–H groups in total. The number of ether oxygens (including phenoxy) is 1. The van der Waals surface area contributed by atoms with E-state index in [1.807, 2.05) is 19.1 Å². The number of esters is 1. The van der Waals surface area contributed by atoms with E-state index in [9.17, 15) is 4.79 Å². The fourth-order valence-corrected chi connectivity index (χ4v) is 2.52. The number of carbonyl (C=O) groups excluding carboxylic acids is 1. The summed E-state index contributed by atoms with van der Waals surface area (Å²) in [5.74, 6) is -0.289. The molecule has 5 heteroatoms. The summed E-state index contributed by atoms with van der Waals surface area (Å²) in [6.45, 7) is 8.26. The predicted octanol–water partition coefficient (Wildman–Crippen LogP) is 2.97. The van der Waals surface area contributed by atoms with Crippen molar-refractivity contribution >= 4 is 28.2 Å². The van der Waals surface area contributed by atoms with Crippen LogP contribution in [0.2, 0.25) is 0 Å². The van der Waals surface area contributed by atoms with Gasteiger partial charge >= 0.3 is 5.97 Å². The quantitative estimate of drug-likeness (QED) is 0.831. The van der Waals surface area contributed by atoms with Gasteiger partial charge in [-0.05, 0) is 45.0 Å². The highest BCUT2D eigenvalue weighted by atomic mass is 16.5. The molecule has 0 atom stereocenters. The van der Waals surface area contributed by atoms with Gasteiger partial charge in [0.1, 0.15) is 6.54 Å². The SMILES string of the molecule is CCN(CC)c1ccc2nc(C)cc(NCC(=O)OC)c2c1. The monoisotopic (exact) mass is 301 g/mol. The van der Waals surface area contributed by atoms with Crippen LogP contribution in [0.3, 0.4) is 0 Å².